The quantitative estimate of drug-likeness (QED) is 0.0234. The van der Waals surface area contributed by atoms with Crippen LogP contribution in [0.5, 0.6) is 23.0 Å². The zero-order chi connectivity index (χ0) is 56.3. The second kappa shape index (κ2) is 32.6. The minimum atomic E-state index is -1.74. The molecule has 0 bridgehead atoms. The van der Waals surface area contributed by atoms with Gasteiger partial charge in [0.25, 0.3) is 0 Å². The maximum absolute atomic E-state index is 13.3. The number of benzene rings is 4. The van der Waals surface area contributed by atoms with Crippen LogP contribution in [0, 0.1) is 5.41 Å². The van der Waals surface area contributed by atoms with Gasteiger partial charge in [-0.1, -0.05) is 120 Å². The lowest BCUT2D eigenvalue weighted by Crippen LogP contribution is -2.44. The van der Waals surface area contributed by atoms with Crippen LogP contribution in [0.2, 0.25) is 0 Å². The predicted octanol–water partition coefficient (Wildman–Crippen LogP) is 9.98. The summed E-state index contributed by atoms with van der Waals surface area (Å²) in [6.45, 7) is 3.69. The molecule has 0 atom stereocenters. The van der Waals surface area contributed by atoms with E-state index in [0.717, 1.165) is 47.0 Å². The Balaban J connectivity index is 1.48. The van der Waals surface area contributed by atoms with Crippen molar-refractivity contribution in [2.75, 3.05) is 49.4 Å². The molecule has 0 heterocycles. The Morgan fingerprint density at radius 1 is 0.364 bits per heavy atom. The van der Waals surface area contributed by atoms with E-state index in [4.69, 9.17) is 18.9 Å². The van der Waals surface area contributed by atoms with E-state index in [2.05, 4.69) is 0 Å². The Morgan fingerprint density at radius 3 is 0.753 bits per heavy atom. The summed E-state index contributed by atoms with van der Waals surface area (Å²) >= 11 is 3.32. The smallest absolute Gasteiger partial charge is 0.306 e. The van der Waals surface area contributed by atoms with Crippen LogP contribution < -0.4 is 0 Å². The molecule has 4 N–H and O–H groups in total. The van der Waals surface area contributed by atoms with Crippen molar-refractivity contribution in [3.63, 3.8) is 0 Å². The minimum absolute atomic E-state index is 0.0190. The number of hydrogen-bond donors (Lipinski definition) is 4. The highest BCUT2D eigenvalue weighted by Gasteiger charge is 2.38. The van der Waals surface area contributed by atoms with Gasteiger partial charge in [0, 0.05) is 67.6 Å². The fourth-order valence-electron chi connectivity index (χ4n) is 6.44. The molecule has 0 aliphatic rings. The minimum Gasteiger partial charge on any atom is -0.507 e. The first kappa shape index (κ1) is 62.5. The van der Waals surface area contributed by atoms with Crippen LogP contribution in [0.25, 0.3) is 24.3 Å². The fraction of sp³-hybridized carbons (Fsp3) is 0.298. The third-order valence-electron chi connectivity index (χ3n) is 10.8. The van der Waals surface area contributed by atoms with Gasteiger partial charge in [-0.15, -0.1) is 0 Å². The van der Waals surface area contributed by atoms with E-state index in [9.17, 15) is 58.8 Å². The standard InChI is InChI=1S/C57H60O16S4/c1-37(29-41-13-5-9-17-45(41)58)53(66)74-25-21-49(62)70-33-57(34-71-50(63)22-26-75-54(67)38(2)30-42-14-6-10-18-46(42)59,35-72-51(64)23-27-76-55(68)39(3)31-43-15-7-11-19-47(43)60)36-73-52(65)24-28-77-56(69)40(4)32-44-16-8-12-20-48(44)61/h5-20,29-32,58-61H,21-28,33-36H2,1-4H3/b37-29+,38-30+,39-31+,40-32+. The molecule has 0 radical (unpaired) electrons. The first-order valence-corrected chi connectivity index (χ1v) is 27.9. The number of hydrogen-bond acceptors (Lipinski definition) is 20. The molecule has 0 spiro atoms. The van der Waals surface area contributed by atoms with Crippen molar-refractivity contribution in [1.82, 2.24) is 0 Å². The maximum Gasteiger partial charge on any atom is 0.306 e. The van der Waals surface area contributed by atoms with E-state index in [0.29, 0.717) is 44.5 Å². The van der Waals surface area contributed by atoms with E-state index >= 15 is 0 Å². The number of carbonyl (C=O) groups excluding carboxylic acids is 8. The zero-order valence-corrected chi connectivity index (χ0v) is 46.1. The molecule has 0 aromatic heterocycles. The highest BCUT2D eigenvalue weighted by atomic mass is 32.2. The van der Waals surface area contributed by atoms with Gasteiger partial charge in [-0.3, -0.25) is 38.4 Å². The summed E-state index contributed by atoms with van der Waals surface area (Å²) in [5, 5.41) is 39.0. The number of phenols is 4. The van der Waals surface area contributed by atoms with Crippen molar-refractivity contribution < 1.29 is 77.7 Å². The van der Waals surface area contributed by atoms with Crippen LogP contribution in [0.1, 0.15) is 75.6 Å². The van der Waals surface area contributed by atoms with Gasteiger partial charge < -0.3 is 39.4 Å². The third-order valence-corrected chi connectivity index (χ3v) is 14.8. The van der Waals surface area contributed by atoms with Crippen LogP contribution in [-0.4, -0.2) is 114 Å². The van der Waals surface area contributed by atoms with E-state index in [1.165, 1.54) is 48.6 Å². The molecule has 0 aliphatic heterocycles. The topological polar surface area (TPSA) is 254 Å². The highest BCUT2D eigenvalue weighted by molar-refractivity contribution is 8.14. The van der Waals surface area contributed by atoms with Crippen LogP contribution in [0.3, 0.4) is 0 Å². The lowest BCUT2D eigenvalue weighted by molar-refractivity contribution is -0.170. The molecule has 0 aliphatic carbocycles. The van der Waals surface area contributed by atoms with Crippen LogP contribution in [-0.2, 0) is 57.3 Å². The average molecular weight is 1130 g/mol. The first-order valence-electron chi connectivity index (χ1n) is 23.9. The summed E-state index contributed by atoms with van der Waals surface area (Å²) in [6, 6.07) is 25.8. The number of ether oxygens (including phenoxy) is 4. The van der Waals surface area contributed by atoms with Gasteiger partial charge in [0.2, 0.25) is 20.5 Å². The monoisotopic (exact) mass is 1130 g/mol. The summed E-state index contributed by atoms with van der Waals surface area (Å²) in [7, 11) is 0. The molecule has 0 amide bonds. The van der Waals surface area contributed by atoms with Crippen molar-refractivity contribution >= 4 is 116 Å². The average Bonchev–Trinajstić information content (AvgIpc) is 3.40. The number of rotatable bonds is 28. The zero-order valence-electron chi connectivity index (χ0n) is 42.9. The fourth-order valence-corrected chi connectivity index (χ4v) is 9.41. The number of carbonyl (C=O) groups is 8. The summed E-state index contributed by atoms with van der Waals surface area (Å²) < 4.78 is 22.6. The van der Waals surface area contributed by atoms with Gasteiger partial charge >= 0.3 is 23.9 Å². The van der Waals surface area contributed by atoms with E-state index in [1.807, 2.05) is 0 Å². The molecule has 4 rings (SSSR count). The van der Waals surface area contributed by atoms with Gasteiger partial charge in [0.05, 0.1) is 25.7 Å². The van der Waals surface area contributed by atoms with E-state index in [1.54, 1.807) is 100 Å². The van der Waals surface area contributed by atoms with Crippen molar-refractivity contribution in [2.45, 2.75) is 53.4 Å². The Bertz CT molecular complexity index is 2500. The molecule has 4 aromatic rings. The van der Waals surface area contributed by atoms with Gasteiger partial charge in [0.15, 0.2) is 0 Å². The number of thioether (sulfide) groups is 4. The Morgan fingerprint density at radius 2 is 0.558 bits per heavy atom. The molecular weight excluding hydrogens is 1070 g/mol. The Kier molecular flexibility index (Phi) is 26.4. The number of phenolic OH excluding ortho intramolecular Hbond substituents is 4. The molecule has 4 aromatic carbocycles. The van der Waals surface area contributed by atoms with Crippen molar-refractivity contribution in [1.29, 1.82) is 0 Å². The van der Waals surface area contributed by atoms with Crippen molar-refractivity contribution in [2.24, 2.45) is 5.41 Å². The molecule has 0 unspecified atom stereocenters. The maximum atomic E-state index is 13.3. The van der Waals surface area contributed by atoms with Crippen LogP contribution in [0.4, 0.5) is 0 Å². The summed E-state index contributed by atoms with van der Waals surface area (Å²) in [6.07, 6.45) is 4.89. The Hall–Kier alpha value is -7.00. The predicted molar refractivity (Wildman–Crippen MR) is 302 cm³/mol. The third kappa shape index (κ3) is 22.6. The molecule has 0 saturated heterocycles. The molecule has 408 valence electrons. The summed E-state index contributed by atoms with van der Waals surface area (Å²) in [5.41, 5.74) is 1.19. The summed E-state index contributed by atoms with van der Waals surface area (Å²) in [4.78, 5) is 105. The van der Waals surface area contributed by atoms with Crippen molar-refractivity contribution in [3.8, 4) is 23.0 Å². The van der Waals surface area contributed by atoms with Gasteiger partial charge in [0.1, 0.15) is 54.8 Å². The van der Waals surface area contributed by atoms with Gasteiger partial charge in [-0.25, -0.2) is 0 Å². The number of esters is 4. The molecule has 0 saturated carbocycles. The first-order chi connectivity index (χ1) is 36.7. The molecule has 0 fully saturated rings. The van der Waals surface area contributed by atoms with E-state index < -0.39 is 55.7 Å². The number of aromatic hydroxyl groups is 4. The molecule has 77 heavy (non-hydrogen) atoms. The van der Waals surface area contributed by atoms with Gasteiger partial charge in [-0.2, -0.15) is 0 Å². The lowest BCUT2D eigenvalue weighted by Gasteiger charge is -2.31. The highest BCUT2D eigenvalue weighted by Crippen LogP contribution is 2.28. The van der Waals surface area contributed by atoms with Crippen molar-refractivity contribution in [3.05, 3.63) is 142 Å². The van der Waals surface area contributed by atoms with Gasteiger partial charge in [-0.05, 0) is 76.3 Å². The molecule has 20 heteroatoms. The van der Waals surface area contributed by atoms with Crippen LogP contribution in [0.15, 0.2) is 119 Å². The molecular formula is C57H60O16S4. The van der Waals surface area contributed by atoms with E-state index in [-0.39, 0.29) is 92.2 Å². The van der Waals surface area contributed by atoms with Crippen LogP contribution >= 0.6 is 47.0 Å². The molecule has 16 nitrogen and oxygen atoms in total. The largest absolute Gasteiger partial charge is 0.507 e. The lowest BCUT2D eigenvalue weighted by atomic mass is 9.92. The number of para-hydroxylation sites is 4. The second-order valence-corrected chi connectivity index (χ2v) is 21.5. The second-order valence-electron chi connectivity index (χ2n) is 17.2. The Labute approximate surface area is 463 Å². The normalized spacial score (nSPS) is 12.1. The summed E-state index contributed by atoms with van der Waals surface area (Å²) in [5.74, 6) is -3.43. The SMILES string of the molecule is C/C(=C\c1ccccc1O)C(=O)SCCC(=O)OCC(COC(=O)CCSC(=O)/C(C)=C/c1ccccc1O)(COC(=O)CCSC(=O)/C(C)=C/c1ccccc1O)COC(=O)CCSC(=O)/C(C)=C/c1ccccc1O.